The number of nitrogens with zero attached hydrogens (tertiary/aromatic N) is 1. The Labute approximate surface area is 103 Å². The minimum Gasteiger partial charge on any atom is -0.399 e. The molecule has 1 aromatic heterocycles. The van der Waals surface area contributed by atoms with Gasteiger partial charge in [0, 0.05) is 17.9 Å². The molecule has 0 bridgehead atoms. The van der Waals surface area contributed by atoms with Crippen LogP contribution in [-0.2, 0) is 9.31 Å². The lowest BCUT2D eigenvalue weighted by molar-refractivity contribution is 0.00578. The summed E-state index contributed by atoms with van der Waals surface area (Å²) < 4.78 is 11.9. The molecule has 2 heterocycles. The fourth-order valence-electron chi connectivity index (χ4n) is 1.70. The lowest BCUT2D eigenvalue weighted by Crippen LogP contribution is -2.41. The first kappa shape index (κ1) is 12.3. The molecule has 2 rings (SSSR count). The predicted molar refractivity (Wildman–Crippen MR) is 70.0 cm³/mol. The molecular weight excluding hydrogens is 213 g/mol. The molecule has 3 nitrogen and oxygen atoms in total. The zero-order chi connectivity index (χ0) is 12.7. The molecule has 1 aliphatic heterocycles. The van der Waals surface area contributed by atoms with E-state index in [-0.39, 0.29) is 18.3 Å². The third-order valence-corrected chi connectivity index (χ3v) is 3.54. The number of aromatic nitrogens is 1. The maximum Gasteiger partial charge on any atom is 0.496 e. The van der Waals surface area contributed by atoms with Crippen molar-refractivity contribution in [1.82, 2.24) is 4.98 Å². The molecule has 0 saturated carbocycles. The van der Waals surface area contributed by atoms with Gasteiger partial charge in [-0.05, 0) is 33.3 Å². The largest absolute Gasteiger partial charge is 0.496 e. The van der Waals surface area contributed by atoms with E-state index in [1.54, 1.807) is 18.5 Å². The summed E-state index contributed by atoms with van der Waals surface area (Å²) in [5.74, 6) is 0. The average Bonchev–Trinajstić information content (AvgIpc) is 2.48. The summed E-state index contributed by atoms with van der Waals surface area (Å²) in [6.45, 7) is 11.9. The first-order valence-corrected chi connectivity index (χ1v) is 5.79. The summed E-state index contributed by atoms with van der Waals surface area (Å²) in [7, 11) is -0.354. The molecule has 0 spiro atoms. The van der Waals surface area contributed by atoms with Crippen LogP contribution in [0.3, 0.4) is 0 Å². The monoisotopic (exact) mass is 231 g/mol. The Balaban J connectivity index is 2.28. The molecule has 4 heteroatoms. The van der Waals surface area contributed by atoms with Gasteiger partial charge in [-0.3, -0.25) is 4.98 Å². The standard InChI is InChI=1S/C13H18BNO2/c1-6-10-7-11(9-15-8-10)14-16-12(2,3)13(4,5)17-14/h6-9H,1H2,2-5H3. The molecule has 0 aromatic carbocycles. The predicted octanol–water partition coefficient (Wildman–Crippen LogP) is 2.02. The minimum absolute atomic E-state index is 0.318. The molecule has 1 aromatic rings. The van der Waals surface area contributed by atoms with Crippen molar-refractivity contribution in [2.45, 2.75) is 38.9 Å². The van der Waals surface area contributed by atoms with Crippen molar-refractivity contribution in [1.29, 1.82) is 0 Å². The molecule has 0 amide bonds. The first-order valence-electron chi connectivity index (χ1n) is 5.79. The lowest BCUT2D eigenvalue weighted by Gasteiger charge is -2.32. The maximum atomic E-state index is 5.95. The highest BCUT2D eigenvalue weighted by Crippen LogP contribution is 2.36. The van der Waals surface area contributed by atoms with Crippen molar-refractivity contribution < 1.29 is 9.31 Å². The normalized spacial score (nSPS) is 21.5. The van der Waals surface area contributed by atoms with E-state index < -0.39 is 0 Å². The zero-order valence-electron chi connectivity index (χ0n) is 10.9. The van der Waals surface area contributed by atoms with Crippen molar-refractivity contribution in [3.05, 3.63) is 30.6 Å². The molecule has 0 unspecified atom stereocenters. The van der Waals surface area contributed by atoms with Crippen LogP contribution in [0.2, 0.25) is 0 Å². The van der Waals surface area contributed by atoms with Crippen molar-refractivity contribution in [2.24, 2.45) is 0 Å². The topological polar surface area (TPSA) is 31.4 Å². The van der Waals surface area contributed by atoms with Gasteiger partial charge in [0.2, 0.25) is 0 Å². The van der Waals surface area contributed by atoms with E-state index in [9.17, 15) is 0 Å². The quantitative estimate of drug-likeness (QED) is 0.729. The van der Waals surface area contributed by atoms with Gasteiger partial charge in [0.05, 0.1) is 11.2 Å². The van der Waals surface area contributed by atoms with Crippen molar-refractivity contribution in [3.63, 3.8) is 0 Å². The van der Waals surface area contributed by atoms with E-state index in [1.807, 2.05) is 33.8 Å². The van der Waals surface area contributed by atoms with E-state index >= 15 is 0 Å². The van der Waals surface area contributed by atoms with E-state index in [0.717, 1.165) is 11.0 Å². The summed E-state index contributed by atoms with van der Waals surface area (Å²) in [5, 5.41) is 0. The van der Waals surface area contributed by atoms with Crippen LogP contribution >= 0.6 is 0 Å². The van der Waals surface area contributed by atoms with Gasteiger partial charge >= 0.3 is 7.12 Å². The molecule has 0 aliphatic carbocycles. The Morgan fingerprint density at radius 3 is 2.29 bits per heavy atom. The van der Waals surface area contributed by atoms with Gasteiger partial charge in [-0.1, -0.05) is 18.7 Å². The molecule has 17 heavy (non-hydrogen) atoms. The van der Waals surface area contributed by atoms with Gasteiger partial charge in [0.15, 0.2) is 0 Å². The number of hydrogen-bond acceptors (Lipinski definition) is 3. The highest BCUT2D eigenvalue weighted by atomic mass is 16.7. The highest BCUT2D eigenvalue weighted by Gasteiger charge is 2.51. The molecule has 1 aliphatic rings. The van der Waals surface area contributed by atoms with E-state index in [2.05, 4.69) is 11.6 Å². The second-order valence-electron chi connectivity index (χ2n) is 5.34. The maximum absolute atomic E-state index is 5.95. The second-order valence-corrected chi connectivity index (χ2v) is 5.34. The molecule has 1 fully saturated rings. The fourth-order valence-corrected chi connectivity index (χ4v) is 1.70. The van der Waals surface area contributed by atoms with Crippen molar-refractivity contribution in [3.8, 4) is 0 Å². The minimum atomic E-state index is -0.354. The Morgan fingerprint density at radius 1 is 1.18 bits per heavy atom. The summed E-state index contributed by atoms with van der Waals surface area (Å²) in [6.07, 6.45) is 5.30. The Morgan fingerprint density at radius 2 is 1.76 bits per heavy atom. The van der Waals surface area contributed by atoms with Crippen molar-refractivity contribution >= 4 is 18.7 Å². The van der Waals surface area contributed by atoms with Crippen LogP contribution in [0.5, 0.6) is 0 Å². The Hall–Kier alpha value is -1.13. The Kier molecular flexibility index (Phi) is 2.88. The first-order chi connectivity index (χ1) is 7.86. The summed E-state index contributed by atoms with van der Waals surface area (Å²) in [5.41, 5.74) is 1.27. The molecule has 0 radical (unpaired) electrons. The summed E-state index contributed by atoms with van der Waals surface area (Å²) >= 11 is 0. The van der Waals surface area contributed by atoms with Crippen molar-refractivity contribution in [2.75, 3.05) is 0 Å². The number of hydrogen-bond donors (Lipinski definition) is 0. The third kappa shape index (κ3) is 2.15. The smallest absolute Gasteiger partial charge is 0.399 e. The molecule has 1 saturated heterocycles. The van der Waals surface area contributed by atoms with Crippen LogP contribution in [0.15, 0.2) is 25.0 Å². The van der Waals surface area contributed by atoms with Crippen LogP contribution in [0.4, 0.5) is 0 Å². The zero-order valence-corrected chi connectivity index (χ0v) is 10.9. The van der Waals surface area contributed by atoms with E-state index in [0.29, 0.717) is 0 Å². The molecular formula is C13H18BNO2. The molecule has 90 valence electrons. The summed E-state index contributed by atoms with van der Waals surface area (Å²) in [4.78, 5) is 4.16. The number of pyridine rings is 1. The Bertz CT molecular complexity index is 427. The van der Waals surface area contributed by atoms with E-state index in [1.165, 1.54) is 0 Å². The average molecular weight is 231 g/mol. The van der Waals surface area contributed by atoms with Crippen LogP contribution in [-0.4, -0.2) is 23.3 Å². The van der Waals surface area contributed by atoms with Crippen LogP contribution < -0.4 is 5.46 Å². The van der Waals surface area contributed by atoms with Gasteiger partial charge in [0.1, 0.15) is 0 Å². The van der Waals surface area contributed by atoms with Gasteiger partial charge < -0.3 is 9.31 Å². The number of rotatable bonds is 2. The van der Waals surface area contributed by atoms with Crippen LogP contribution in [0, 0.1) is 0 Å². The summed E-state index contributed by atoms with van der Waals surface area (Å²) in [6, 6.07) is 1.99. The molecule has 0 N–H and O–H groups in total. The SMILES string of the molecule is C=Cc1cncc(B2OC(C)(C)C(C)(C)O2)c1. The molecule has 0 atom stereocenters. The van der Waals surface area contributed by atoms with Gasteiger partial charge in [0.25, 0.3) is 0 Å². The van der Waals surface area contributed by atoms with Crippen LogP contribution in [0.25, 0.3) is 6.08 Å². The third-order valence-electron chi connectivity index (χ3n) is 3.54. The van der Waals surface area contributed by atoms with Gasteiger partial charge in [-0.25, -0.2) is 0 Å². The second kappa shape index (κ2) is 3.96. The van der Waals surface area contributed by atoms with Gasteiger partial charge in [-0.2, -0.15) is 0 Å². The fraction of sp³-hybridized carbons (Fsp3) is 0.462. The lowest BCUT2D eigenvalue weighted by atomic mass is 9.80. The van der Waals surface area contributed by atoms with E-state index in [4.69, 9.17) is 9.31 Å². The highest BCUT2D eigenvalue weighted by molar-refractivity contribution is 6.62. The van der Waals surface area contributed by atoms with Gasteiger partial charge in [-0.15, -0.1) is 0 Å². The van der Waals surface area contributed by atoms with Crippen LogP contribution in [0.1, 0.15) is 33.3 Å².